The van der Waals surface area contributed by atoms with E-state index >= 15 is 0 Å². The standard InChI is InChI=1S/C24H22F4N6O4S/c25-22(26)16-9-19(23(27)28)33(30-16)21(11-35)32-7-5-13(6-8-32)24-29-17(12-39-24)15-10-20(38-31-15)14-3-1-2-4-18(14)34(36)37/h1-4,9,11-13,20-23H,5-8,10H2. The zero-order chi connectivity index (χ0) is 27.7. The molecule has 39 heavy (non-hydrogen) atoms. The molecule has 4 heterocycles. The van der Waals surface area contributed by atoms with Crippen LogP contribution in [0, 0.1) is 10.1 Å². The molecule has 0 bridgehead atoms. The zero-order valence-corrected chi connectivity index (χ0v) is 21.0. The number of benzene rings is 1. The second-order valence-corrected chi connectivity index (χ2v) is 10.0. The van der Waals surface area contributed by atoms with Gasteiger partial charge in [0.2, 0.25) is 0 Å². The van der Waals surface area contributed by atoms with Crippen LogP contribution in [0.3, 0.4) is 0 Å². The van der Waals surface area contributed by atoms with E-state index in [4.69, 9.17) is 9.82 Å². The number of nitro benzene ring substituents is 1. The van der Waals surface area contributed by atoms with Crippen molar-refractivity contribution in [2.45, 2.75) is 50.3 Å². The topological polar surface area (TPSA) is 116 Å². The fraction of sp³-hybridized carbons (Fsp3) is 0.417. The number of rotatable bonds is 9. The van der Waals surface area contributed by atoms with Crippen molar-refractivity contribution in [2.24, 2.45) is 5.16 Å². The van der Waals surface area contributed by atoms with Crippen LogP contribution in [0.25, 0.3) is 0 Å². The molecule has 2 aliphatic rings. The van der Waals surface area contributed by atoms with E-state index in [1.807, 2.05) is 5.38 Å². The lowest BCUT2D eigenvalue weighted by Crippen LogP contribution is -2.40. The number of para-hydroxylation sites is 1. The maximum atomic E-state index is 13.5. The van der Waals surface area contributed by atoms with Crippen LogP contribution in [0.1, 0.15) is 78.0 Å². The van der Waals surface area contributed by atoms with E-state index in [2.05, 4.69) is 10.3 Å². The Labute approximate surface area is 223 Å². The first-order valence-corrected chi connectivity index (χ1v) is 12.9. The molecule has 0 N–H and O–H groups in total. The van der Waals surface area contributed by atoms with E-state index in [1.165, 1.54) is 17.4 Å². The normalized spacial score (nSPS) is 19.3. The number of alkyl halides is 4. The molecule has 5 rings (SSSR count). The molecule has 0 saturated carbocycles. The summed E-state index contributed by atoms with van der Waals surface area (Å²) in [5, 5.41) is 21.7. The SMILES string of the molecule is O=CC(N1CCC(c2nc(C3=NOC(c4ccccc4[N+](=O)[O-])C3)cs2)CC1)n1nc(C(F)F)cc1C(F)F. The highest BCUT2D eigenvalue weighted by atomic mass is 32.1. The van der Waals surface area contributed by atoms with Crippen LogP contribution in [-0.4, -0.2) is 49.7 Å². The molecule has 1 fully saturated rings. The van der Waals surface area contributed by atoms with Crippen molar-refractivity contribution in [3.8, 4) is 0 Å². The second-order valence-electron chi connectivity index (χ2n) is 9.12. The average molecular weight is 567 g/mol. The van der Waals surface area contributed by atoms with Gasteiger partial charge in [0.15, 0.2) is 18.6 Å². The number of hydrogen-bond acceptors (Lipinski definition) is 9. The van der Waals surface area contributed by atoms with E-state index < -0.39 is 41.4 Å². The molecule has 2 unspecified atom stereocenters. The third-order valence-corrected chi connectivity index (χ3v) is 7.83. The van der Waals surface area contributed by atoms with E-state index in [-0.39, 0.29) is 11.6 Å². The Morgan fingerprint density at radius 1 is 1.15 bits per heavy atom. The quantitative estimate of drug-likeness (QED) is 0.144. The predicted molar refractivity (Wildman–Crippen MR) is 131 cm³/mol. The van der Waals surface area contributed by atoms with Crippen molar-refractivity contribution < 1.29 is 32.1 Å². The summed E-state index contributed by atoms with van der Waals surface area (Å²) in [4.78, 5) is 34.6. The van der Waals surface area contributed by atoms with E-state index in [0.29, 0.717) is 66.4 Å². The van der Waals surface area contributed by atoms with Gasteiger partial charge < -0.3 is 4.84 Å². The van der Waals surface area contributed by atoms with Gasteiger partial charge in [0.1, 0.15) is 17.1 Å². The molecule has 0 amide bonds. The number of halogens is 4. The van der Waals surface area contributed by atoms with Crippen molar-refractivity contribution in [3.63, 3.8) is 0 Å². The highest BCUT2D eigenvalue weighted by Gasteiger charge is 2.34. The van der Waals surface area contributed by atoms with Gasteiger partial charge in [-0.05, 0) is 25.0 Å². The maximum absolute atomic E-state index is 13.5. The first-order chi connectivity index (χ1) is 18.8. The van der Waals surface area contributed by atoms with Crippen molar-refractivity contribution >= 4 is 29.0 Å². The lowest BCUT2D eigenvalue weighted by molar-refractivity contribution is -0.386. The van der Waals surface area contributed by atoms with Crippen LogP contribution < -0.4 is 0 Å². The van der Waals surface area contributed by atoms with Crippen molar-refractivity contribution in [1.82, 2.24) is 19.7 Å². The van der Waals surface area contributed by atoms with Crippen LogP contribution in [0.15, 0.2) is 40.9 Å². The summed E-state index contributed by atoms with van der Waals surface area (Å²) in [6.45, 7) is 0.693. The number of aldehydes is 1. The molecular formula is C24H22F4N6O4S. The summed E-state index contributed by atoms with van der Waals surface area (Å²) < 4.78 is 53.8. The molecule has 10 nitrogen and oxygen atoms in total. The molecule has 1 saturated heterocycles. The minimum atomic E-state index is -3.06. The number of hydrogen-bond donors (Lipinski definition) is 0. The van der Waals surface area contributed by atoms with Gasteiger partial charge in [-0.2, -0.15) is 5.10 Å². The number of nitrogens with zero attached hydrogens (tertiary/aromatic N) is 6. The number of carbonyl (C=O) groups is 1. The Morgan fingerprint density at radius 3 is 2.56 bits per heavy atom. The molecule has 1 aromatic carbocycles. The van der Waals surface area contributed by atoms with Crippen LogP contribution in [0.2, 0.25) is 0 Å². The summed E-state index contributed by atoms with van der Waals surface area (Å²) in [6.07, 6.45) is -6.04. The first-order valence-electron chi connectivity index (χ1n) is 12.0. The highest BCUT2D eigenvalue weighted by Crippen LogP contribution is 2.37. The van der Waals surface area contributed by atoms with Gasteiger partial charge in [-0.15, -0.1) is 11.3 Å². The summed E-state index contributed by atoms with van der Waals surface area (Å²) in [6, 6.07) is 6.96. The number of carbonyl (C=O) groups excluding carboxylic acids is 1. The van der Waals surface area contributed by atoms with Crippen molar-refractivity contribution in [1.29, 1.82) is 0 Å². The fourth-order valence-corrected chi connectivity index (χ4v) is 5.85. The highest BCUT2D eigenvalue weighted by molar-refractivity contribution is 7.10. The van der Waals surface area contributed by atoms with Crippen molar-refractivity contribution in [3.05, 3.63) is 73.5 Å². The van der Waals surface area contributed by atoms with Gasteiger partial charge in [-0.3, -0.25) is 19.8 Å². The monoisotopic (exact) mass is 566 g/mol. The van der Waals surface area contributed by atoms with Gasteiger partial charge in [0.25, 0.3) is 18.5 Å². The number of nitro groups is 1. The van der Waals surface area contributed by atoms with Gasteiger partial charge >= 0.3 is 0 Å². The summed E-state index contributed by atoms with van der Waals surface area (Å²) >= 11 is 1.43. The maximum Gasteiger partial charge on any atom is 0.282 e. The predicted octanol–water partition coefficient (Wildman–Crippen LogP) is 5.57. The summed E-state index contributed by atoms with van der Waals surface area (Å²) in [5.74, 6) is 0.0325. The molecule has 2 aliphatic heterocycles. The largest absolute Gasteiger partial charge is 0.387 e. The molecule has 2 atom stereocenters. The average Bonchev–Trinajstić information content (AvgIpc) is 3.69. The van der Waals surface area contributed by atoms with Crippen LogP contribution >= 0.6 is 11.3 Å². The van der Waals surface area contributed by atoms with Gasteiger partial charge in [0, 0.05) is 36.9 Å². The fourth-order valence-electron chi connectivity index (χ4n) is 4.85. The van der Waals surface area contributed by atoms with E-state index in [1.54, 1.807) is 23.1 Å². The molecule has 2 aromatic heterocycles. The Balaban J connectivity index is 1.23. The van der Waals surface area contributed by atoms with E-state index in [9.17, 15) is 32.5 Å². The van der Waals surface area contributed by atoms with Crippen LogP contribution in [-0.2, 0) is 9.63 Å². The number of likely N-dealkylation sites (tertiary alicyclic amines) is 1. The molecule has 15 heteroatoms. The molecule has 206 valence electrons. The Kier molecular flexibility index (Phi) is 7.70. The van der Waals surface area contributed by atoms with Crippen LogP contribution in [0.4, 0.5) is 23.2 Å². The number of piperidine rings is 1. The van der Waals surface area contributed by atoms with Crippen LogP contribution in [0.5, 0.6) is 0 Å². The minimum absolute atomic E-state index is 0.0325. The Hall–Kier alpha value is -3.72. The molecule has 0 radical (unpaired) electrons. The van der Waals surface area contributed by atoms with E-state index in [0.717, 1.165) is 5.01 Å². The molecule has 3 aromatic rings. The molecule has 0 spiro atoms. The second kappa shape index (κ2) is 11.2. The molecular weight excluding hydrogens is 544 g/mol. The smallest absolute Gasteiger partial charge is 0.282 e. The van der Waals surface area contributed by atoms with Gasteiger partial charge in [-0.1, -0.05) is 17.3 Å². The summed E-state index contributed by atoms with van der Waals surface area (Å²) in [5.41, 5.74) is 0.0494. The lowest BCUT2D eigenvalue weighted by atomic mass is 9.97. The van der Waals surface area contributed by atoms with Crippen molar-refractivity contribution in [2.75, 3.05) is 13.1 Å². The lowest BCUT2D eigenvalue weighted by Gasteiger charge is -2.35. The first kappa shape index (κ1) is 26.9. The minimum Gasteiger partial charge on any atom is -0.387 e. The van der Waals surface area contributed by atoms with Gasteiger partial charge in [-0.25, -0.2) is 27.2 Å². The summed E-state index contributed by atoms with van der Waals surface area (Å²) in [7, 11) is 0. The molecule has 0 aliphatic carbocycles. The van der Waals surface area contributed by atoms with Gasteiger partial charge in [0.05, 0.1) is 21.2 Å². The number of thiazole rings is 1. The Bertz CT molecular complexity index is 1390. The Morgan fingerprint density at radius 2 is 1.90 bits per heavy atom. The zero-order valence-electron chi connectivity index (χ0n) is 20.2. The number of oxime groups is 1. The third-order valence-electron chi connectivity index (χ3n) is 6.82. The third kappa shape index (κ3) is 5.41. The number of aromatic nitrogens is 3.